The van der Waals surface area contributed by atoms with E-state index in [2.05, 4.69) is 15.5 Å². The standard InChI is InChI=1S/C20H22N4OS/c1-13-10-11-14(2)17(12-13)21-19(25)15(3)26-20-23-22-18(24(20)4)16-8-6-5-7-9-16/h5-12,15H,1-4H3,(H,21,25)/t15-/m1/s1. The van der Waals surface area contributed by atoms with Crippen molar-refractivity contribution in [1.82, 2.24) is 14.8 Å². The Balaban J connectivity index is 1.72. The van der Waals surface area contributed by atoms with Crippen molar-refractivity contribution in [2.75, 3.05) is 5.32 Å². The Morgan fingerprint density at radius 1 is 1.12 bits per heavy atom. The fourth-order valence-electron chi connectivity index (χ4n) is 2.57. The van der Waals surface area contributed by atoms with E-state index in [-0.39, 0.29) is 11.2 Å². The molecule has 1 N–H and O–H groups in total. The zero-order valence-corrected chi connectivity index (χ0v) is 16.2. The predicted octanol–water partition coefficient (Wildman–Crippen LogP) is 4.22. The summed E-state index contributed by atoms with van der Waals surface area (Å²) in [6.07, 6.45) is 0. The molecule has 0 aliphatic rings. The Morgan fingerprint density at radius 3 is 2.58 bits per heavy atom. The monoisotopic (exact) mass is 366 g/mol. The number of aromatic nitrogens is 3. The summed E-state index contributed by atoms with van der Waals surface area (Å²) in [7, 11) is 1.92. The van der Waals surface area contributed by atoms with Crippen LogP contribution in [-0.4, -0.2) is 25.9 Å². The molecule has 2 aromatic carbocycles. The van der Waals surface area contributed by atoms with Gasteiger partial charge in [0.2, 0.25) is 5.91 Å². The van der Waals surface area contributed by atoms with E-state index in [0.29, 0.717) is 5.16 Å². The maximum atomic E-state index is 12.6. The quantitative estimate of drug-likeness (QED) is 0.687. The minimum absolute atomic E-state index is 0.0482. The second-order valence-corrected chi connectivity index (χ2v) is 7.61. The van der Waals surface area contributed by atoms with Crippen molar-refractivity contribution >= 4 is 23.4 Å². The number of aryl methyl sites for hydroxylation is 2. The highest BCUT2D eigenvalue weighted by Crippen LogP contribution is 2.26. The summed E-state index contributed by atoms with van der Waals surface area (Å²) >= 11 is 1.40. The SMILES string of the molecule is Cc1ccc(C)c(NC(=O)[C@@H](C)Sc2nnc(-c3ccccc3)n2C)c1. The summed E-state index contributed by atoms with van der Waals surface area (Å²) in [6, 6.07) is 15.9. The molecule has 3 rings (SSSR count). The van der Waals surface area contributed by atoms with Crippen LogP contribution in [0.25, 0.3) is 11.4 Å². The van der Waals surface area contributed by atoms with Gasteiger partial charge in [-0.15, -0.1) is 10.2 Å². The topological polar surface area (TPSA) is 59.8 Å². The Kier molecular flexibility index (Phi) is 5.42. The van der Waals surface area contributed by atoms with Crippen LogP contribution in [-0.2, 0) is 11.8 Å². The van der Waals surface area contributed by atoms with Crippen molar-refractivity contribution in [3.05, 3.63) is 59.7 Å². The Labute approximate surface area is 157 Å². The van der Waals surface area contributed by atoms with Crippen LogP contribution >= 0.6 is 11.8 Å². The Bertz CT molecular complexity index is 921. The van der Waals surface area contributed by atoms with Gasteiger partial charge in [-0.25, -0.2) is 0 Å². The van der Waals surface area contributed by atoms with Crippen molar-refractivity contribution in [2.24, 2.45) is 7.05 Å². The van der Waals surface area contributed by atoms with Crippen LogP contribution in [0.3, 0.4) is 0 Å². The predicted molar refractivity (Wildman–Crippen MR) is 106 cm³/mol. The molecule has 6 heteroatoms. The molecule has 0 fully saturated rings. The first kappa shape index (κ1) is 18.2. The normalized spacial score (nSPS) is 12.0. The summed E-state index contributed by atoms with van der Waals surface area (Å²) in [5.74, 6) is 0.739. The van der Waals surface area contributed by atoms with E-state index < -0.39 is 0 Å². The molecule has 1 heterocycles. The van der Waals surface area contributed by atoms with Crippen molar-refractivity contribution in [2.45, 2.75) is 31.2 Å². The second kappa shape index (κ2) is 7.74. The number of thioether (sulfide) groups is 1. The highest BCUT2D eigenvalue weighted by Gasteiger charge is 2.20. The zero-order valence-electron chi connectivity index (χ0n) is 15.4. The Hall–Kier alpha value is -2.60. The van der Waals surface area contributed by atoms with Crippen molar-refractivity contribution in [3.8, 4) is 11.4 Å². The third-order valence-electron chi connectivity index (χ3n) is 4.17. The van der Waals surface area contributed by atoms with Crippen LogP contribution < -0.4 is 5.32 Å². The number of amides is 1. The van der Waals surface area contributed by atoms with Gasteiger partial charge in [0.25, 0.3) is 0 Å². The van der Waals surface area contributed by atoms with Crippen molar-refractivity contribution in [1.29, 1.82) is 0 Å². The van der Waals surface area contributed by atoms with E-state index in [1.807, 2.05) is 80.9 Å². The van der Waals surface area contributed by atoms with Crippen molar-refractivity contribution < 1.29 is 4.79 Å². The maximum Gasteiger partial charge on any atom is 0.237 e. The molecular weight excluding hydrogens is 344 g/mol. The maximum absolute atomic E-state index is 12.6. The molecule has 1 amide bonds. The number of hydrogen-bond acceptors (Lipinski definition) is 4. The van der Waals surface area contributed by atoms with E-state index in [4.69, 9.17) is 0 Å². The fraction of sp³-hybridized carbons (Fsp3) is 0.250. The molecule has 0 spiro atoms. The Morgan fingerprint density at radius 2 is 1.85 bits per heavy atom. The van der Waals surface area contributed by atoms with Crippen LogP contribution in [0.4, 0.5) is 5.69 Å². The first-order valence-corrected chi connectivity index (χ1v) is 9.33. The molecule has 3 aromatic rings. The summed E-state index contributed by atoms with van der Waals surface area (Å²) < 4.78 is 1.92. The second-order valence-electron chi connectivity index (χ2n) is 6.30. The lowest BCUT2D eigenvalue weighted by Crippen LogP contribution is -2.23. The van der Waals surface area contributed by atoms with Gasteiger partial charge in [-0.1, -0.05) is 54.2 Å². The van der Waals surface area contributed by atoms with E-state index in [9.17, 15) is 4.79 Å². The van der Waals surface area contributed by atoms with Gasteiger partial charge < -0.3 is 9.88 Å². The first-order chi connectivity index (χ1) is 12.5. The molecule has 0 bridgehead atoms. The molecule has 26 heavy (non-hydrogen) atoms. The molecule has 0 radical (unpaired) electrons. The summed E-state index contributed by atoms with van der Waals surface area (Å²) in [6.45, 7) is 5.88. The summed E-state index contributed by atoms with van der Waals surface area (Å²) in [4.78, 5) is 12.6. The van der Waals surface area contributed by atoms with E-state index >= 15 is 0 Å². The van der Waals surface area contributed by atoms with Gasteiger partial charge in [-0.05, 0) is 38.0 Å². The lowest BCUT2D eigenvalue weighted by atomic mass is 10.1. The smallest absolute Gasteiger partial charge is 0.237 e. The average Bonchev–Trinajstić information content (AvgIpc) is 2.99. The minimum Gasteiger partial charge on any atom is -0.325 e. The number of nitrogens with one attached hydrogen (secondary N) is 1. The molecule has 1 aromatic heterocycles. The third kappa shape index (κ3) is 3.96. The van der Waals surface area contributed by atoms with Crippen molar-refractivity contribution in [3.63, 3.8) is 0 Å². The molecule has 0 aliphatic heterocycles. The molecule has 134 valence electrons. The number of hydrogen-bond donors (Lipinski definition) is 1. The van der Waals surface area contributed by atoms with Crippen LogP contribution in [0, 0.1) is 13.8 Å². The number of rotatable bonds is 5. The average molecular weight is 366 g/mol. The highest BCUT2D eigenvalue weighted by atomic mass is 32.2. The van der Waals surface area contributed by atoms with Gasteiger partial charge >= 0.3 is 0 Å². The van der Waals surface area contributed by atoms with E-state index in [0.717, 1.165) is 28.2 Å². The highest BCUT2D eigenvalue weighted by molar-refractivity contribution is 8.00. The van der Waals surface area contributed by atoms with Gasteiger partial charge in [-0.3, -0.25) is 4.79 Å². The molecule has 1 atom stereocenters. The largest absolute Gasteiger partial charge is 0.325 e. The number of carbonyl (C=O) groups excluding carboxylic acids is 1. The van der Waals surface area contributed by atoms with Gasteiger partial charge in [0.1, 0.15) is 0 Å². The van der Waals surface area contributed by atoms with Gasteiger partial charge in [0.15, 0.2) is 11.0 Å². The molecule has 0 saturated carbocycles. The lowest BCUT2D eigenvalue weighted by Gasteiger charge is -2.13. The fourth-order valence-corrected chi connectivity index (χ4v) is 3.39. The van der Waals surface area contributed by atoms with Crippen LogP contribution in [0.1, 0.15) is 18.1 Å². The van der Waals surface area contributed by atoms with Crippen LogP contribution in [0.2, 0.25) is 0 Å². The van der Waals surface area contributed by atoms with E-state index in [1.165, 1.54) is 11.8 Å². The van der Waals surface area contributed by atoms with Crippen LogP contribution in [0.5, 0.6) is 0 Å². The number of anilines is 1. The number of nitrogens with zero attached hydrogens (tertiary/aromatic N) is 3. The summed E-state index contributed by atoms with van der Waals surface area (Å²) in [5.41, 5.74) is 4.02. The summed E-state index contributed by atoms with van der Waals surface area (Å²) in [5, 5.41) is 12.0. The number of benzene rings is 2. The molecule has 0 saturated heterocycles. The van der Waals surface area contributed by atoms with Gasteiger partial charge in [-0.2, -0.15) is 0 Å². The van der Waals surface area contributed by atoms with Gasteiger partial charge in [0, 0.05) is 18.3 Å². The zero-order chi connectivity index (χ0) is 18.7. The molecule has 0 aliphatic carbocycles. The first-order valence-electron chi connectivity index (χ1n) is 8.45. The molecular formula is C20H22N4OS. The van der Waals surface area contributed by atoms with Gasteiger partial charge in [0.05, 0.1) is 5.25 Å². The molecule has 0 unspecified atom stereocenters. The lowest BCUT2D eigenvalue weighted by molar-refractivity contribution is -0.115. The van der Waals surface area contributed by atoms with E-state index in [1.54, 1.807) is 0 Å². The molecule has 5 nitrogen and oxygen atoms in total. The third-order valence-corrected chi connectivity index (χ3v) is 5.30. The van der Waals surface area contributed by atoms with Crippen LogP contribution in [0.15, 0.2) is 53.7 Å². The minimum atomic E-state index is -0.290. The number of carbonyl (C=O) groups is 1.